The maximum Gasteiger partial charge on any atom is 0.341 e. The number of carboxylic acids is 1. The summed E-state index contributed by atoms with van der Waals surface area (Å²) in [6.07, 6.45) is 10.7. The minimum absolute atomic E-state index is 0.0480. The van der Waals surface area contributed by atoms with Crippen LogP contribution >= 0.6 is 11.3 Å². The molecule has 3 aliphatic rings. The number of hydrogen-bond donors (Lipinski definition) is 2. The van der Waals surface area contributed by atoms with Crippen molar-refractivity contribution in [2.45, 2.75) is 51.9 Å². The number of carbonyl (C=O) groups excluding carboxylic acids is 2. The van der Waals surface area contributed by atoms with Gasteiger partial charge in [-0.05, 0) is 56.4 Å². The number of anilines is 1. The number of allylic oxidation sites excluding steroid dienone is 2. The molecule has 2 N–H and O–H groups in total. The largest absolute Gasteiger partial charge is 0.481 e. The van der Waals surface area contributed by atoms with Crippen molar-refractivity contribution >= 4 is 34.2 Å². The number of amides is 1. The molecule has 1 fully saturated rings. The van der Waals surface area contributed by atoms with Gasteiger partial charge in [0.15, 0.2) is 0 Å². The van der Waals surface area contributed by atoms with E-state index in [1.54, 1.807) is 6.92 Å². The molecular weight excluding hydrogens is 390 g/mol. The summed E-state index contributed by atoms with van der Waals surface area (Å²) in [5.74, 6) is -3.04. The highest BCUT2D eigenvalue weighted by atomic mass is 32.1. The molecule has 7 heteroatoms. The molecular formula is C22H27NO5S. The molecule has 1 aromatic rings. The van der Waals surface area contributed by atoms with Gasteiger partial charge in [-0.15, -0.1) is 11.3 Å². The molecule has 0 aromatic carbocycles. The van der Waals surface area contributed by atoms with Crippen LogP contribution < -0.4 is 5.32 Å². The summed E-state index contributed by atoms with van der Waals surface area (Å²) in [6.45, 7) is 2.04. The molecule has 0 radical (unpaired) electrons. The summed E-state index contributed by atoms with van der Waals surface area (Å²) in [5, 5.41) is 13.1. The van der Waals surface area contributed by atoms with E-state index in [-0.39, 0.29) is 24.3 Å². The first kappa shape index (κ1) is 20.1. The number of hydrogen-bond acceptors (Lipinski definition) is 5. The molecule has 4 rings (SSSR count). The number of fused-ring (bicyclic) bond motifs is 3. The fraction of sp³-hybridized carbons (Fsp3) is 0.591. The van der Waals surface area contributed by atoms with Crippen molar-refractivity contribution in [1.82, 2.24) is 0 Å². The summed E-state index contributed by atoms with van der Waals surface area (Å²) in [6, 6.07) is 0. The summed E-state index contributed by atoms with van der Waals surface area (Å²) < 4.78 is 5.29. The van der Waals surface area contributed by atoms with E-state index in [0.717, 1.165) is 42.5 Å². The van der Waals surface area contributed by atoms with Crippen LogP contribution in [0.3, 0.4) is 0 Å². The van der Waals surface area contributed by atoms with Crippen LogP contribution in [0.2, 0.25) is 0 Å². The molecule has 0 unspecified atom stereocenters. The fourth-order valence-electron chi connectivity index (χ4n) is 5.14. The molecule has 0 saturated heterocycles. The maximum atomic E-state index is 13.1. The Balaban J connectivity index is 1.64. The molecule has 2 bridgehead atoms. The van der Waals surface area contributed by atoms with Crippen molar-refractivity contribution in [2.75, 3.05) is 11.9 Å². The van der Waals surface area contributed by atoms with E-state index in [4.69, 9.17) is 4.74 Å². The van der Waals surface area contributed by atoms with Crippen molar-refractivity contribution in [3.63, 3.8) is 0 Å². The van der Waals surface area contributed by atoms with E-state index in [1.165, 1.54) is 17.8 Å². The van der Waals surface area contributed by atoms with Crippen LogP contribution in [0.5, 0.6) is 0 Å². The van der Waals surface area contributed by atoms with Crippen molar-refractivity contribution in [3.05, 3.63) is 28.2 Å². The third-order valence-corrected chi connectivity index (χ3v) is 7.64. The van der Waals surface area contributed by atoms with E-state index in [1.807, 2.05) is 12.2 Å². The molecule has 3 aliphatic carbocycles. The number of ether oxygens (including phenoxy) is 1. The highest BCUT2D eigenvalue weighted by Crippen LogP contribution is 2.49. The molecule has 0 aliphatic heterocycles. The Morgan fingerprint density at radius 2 is 1.79 bits per heavy atom. The average Bonchev–Trinajstić information content (AvgIpc) is 3.35. The minimum atomic E-state index is -0.925. The molecule has 1 heterocycles. The van der Waals surface area contributed by atoms with E-state index < -0.39 is 23.8 Å². The monoisotopic (exact) mass is 417 g/mol. The van der Waals surface area contributed by atoms with E-state index in [0.29, 0.717) is 17.0 Å². The Bertz CT molecular complexity index is 858. The standard InChI is InChI=1S/C22H27NO5S/c1-2-28-22(27)18-14-7-5-3-4-6-8-15(14)29-20(18)23-19(24)16-12-9-10-13(11-12)17(16)21(25)26/h9-10,12-13,16-17H,2-8,11H2,1H3,(H,23,24)(H,25,26)/t12-,13-,16+,17-/m0/s1. The van der Waals surface area contributed by atoms with Gasteiger partial charge in [-0.3, -0.25) is 9.59 Å². The summed E-state index contributed by atoms with van der Waals surface area (Å²) in [7, 11) is 0. The Labute approximate surface area is 174 Å². The lowest BCUT2D eigenvalue weighted by Crippen LogP contribution is -2.36. The SMILES string of the molecule is CCOC(=O)c1c(NC(=O)[C@H]2[C@@H](C(=O)O)[C@H]3C=C[C@H]2C3)sc2c1CCCCCC2. The molecule has 156 valence electrons. The van der Waals surface area contributed by atoms with E-state index >= 15 is 0 Å². The van der Waals surface area contributed by atoms with Crippen LogP contribution in [-0.4, -0.2) is 29.6 Å². The van der Waals surface area contributed by atoms with Gasteiger partial charge in [-0.25, -0.2) is 4.79 Å². The number of carbonyl (C=O) groups is 3. The Hall–Kier alpha value is -2.15. The lowest BCUT2D eigenvalue weighted by molar-refractivity contribution is -0.146. The predicted molar refractivity (Wildman–Crippen MR) is 110 cm³/mol. The van der Waals surface area contributed by atoms with Gasteiger partial charge in [0.1, 0.15) is 5.00 Å². The van der Waals surface area contributed by atoms with Crippen LogP contribution in [0.15, 0.2) is 12.2 Å². The Morgan fingerprint density at radius 1 is 1.10 bits per heavy atom. The molecule has 6 nitrogen and oxygen atoms in total. The zero-order valence-corrected chi connectivity index (χ0v) is 17.4. The Morgan fingerprint density at radius 3 is 2.48 bits per heavy atom. The van der Waals surface area contributed by atoms with Crippen molar-refractivity contribution in [2.24, 2.45) is 23.7 Å². The second-order valence-electron chi connectivity index (χ2n) is 8.17. The highest BCUT2D eigenvalue weighted by Gasteiger charge is 2.51. The van der Waals surface area contributed by atoms with Crippen molar-refractivity contribution in [3.8, 4) is 0 Å². The lowest BCUT2D eigenvalue weighted by Gasteiger charge is -2.23. The average molecular weight is 418 g/mol. The van der Waals surface area contributed by atoms with Gasteiger partial charge in [0, 0.05) is 4.88 Å². The quantitative estimate of drug-likeness (QED) is 0.557. The minimum Gasteiger partial charge on any atom is -0.481 e. The normalized spacial score (nSPS) is 27.8. The number of rotatable bonds is 5. The van der Waals surface area contributed by atoms with Gasteiger partial charge in [-0.1, -0.05) is 25.0 Å². The van der Waals surface area contributed by atoms with Gasteiger partial charge in [0.25, 0.3) is 0 Å². The zero-order valence-electron chi connectivity index (χ0n) is 16.6. The van der Waals surface area contributed by atoms with Crippen LogP contribution in [0.4, 0.5) is 5.00 Å². The third kappa shape index (κ3) is 3.72. The number of aryl methyl sites for hydroxylation is 1. The topological polar surface area (TPSA) is 92.7 Å². The van der Waals surface area contributed by atoms with Gasteiger partial charge in [-0.2, -0.15) is 0 Å². The van der Waals surface area contributed by atoms with Gasteiger partial charge in [0.2, 0.25) is 5.91 Å². The van der Waals surface area contributed by atoms with E-state index in [9.17, 15) is 19.5 Å². The number of carboxylic acid groups (broad SMARTS) is 1. The number of aliphatic carboxylic acids is 1. The third-order valence-electron chi connectivity index (χ3n) is 6.43. The van der Waals surface area contributed by atoms with Gasteiger partial charge < -0.3 is 15.2 Å². The second-order valence-corrected chi connectivity index (χ2v) is 9.28. The molecule has 4 atom stereocenters. The maximum absolute atomic E-state index is 13.1. The van der Waals surface area contributed by atoms with E-state index in [2.05, 4.69) is 5.32 Å². The smallest absolute Gasteiger partial charge is 0.341 e. The fourth-order valence-corrected chi connectivity index (χ4v) is 6.42. The molecule has 1 aromatic heterocycles. The molecule has 1 saturated carbocycles. The molecule has 1 amide bonds. The Kier molecular flexibility index (Phi) is 5.76. The van der Waals surface area contributed by atoms with Crippen LogP contribution in [0.1, 0.15) is 59.8 Å². The zero-order chi connectivity index (χ0) is 20.5. The number of nitrogens with one attached hydrogen (secondary N) is 1. The first-order chi connectivity index (χ1) is 14.0. The summed E-state index contributed by atoms with van der Waals surface area (Å²) in [5.41, 5.74) is 1.48. The van der Waals surface area contributed by atoms with Gasteiger partial charge >= 0.3 is 11.9 Å². The highest BCUT2D eigenvalue weighted by molar-refractivity contribution is 7.17. The van der Waals surface area contributed by atoms with Crippen molar-refractivity contribution < 1.29 is 24.2 Å². The molecule has 0 spiro atoms. The van der Waals surface area contributed by atoms with Crippen LogP contribution in [0, 0.1) is 23.7 Å². The molecule has 29 heavy (non-hydrogen) atoms. The van der Waals surface area contributed by atoms with Crippen molar-refractivity contribution in [1.29, 1.82) is 0 Å². The first-order valence-corrected chi connectivity index (χ1v) is 11.4. The predicted octanol–water partition coefficient (Wildman–Crippen LogP) is 4.05. The summed E-state index contributed by atoms with van der Waals surface area (Å²) in [4.78, 5) is 38.8. The first-order valence-electron chi connectivity index (χ1n) is 10.5. The van der Waals surface area contributed by atoms with Crippen LogP contribution in [0.25, 0.3) is 0 Å². The number of esters is 1. The second kappa shape index (κ2) is 8.30. The van der Waals surface area contributed by atoms with Crippen LogP contribution in [-0.2, 0) is 27.2 Å². The lowest BCUT2D eigenvalue weighted by atomic mass is 9.82. The summed E-state index contributed by atoms with van der Waals surface area (Å²) >= 11 is 1.46. The van der Waals surface area contributed by atoms with Gasteiger partial charge in [0.05, 0.1) is 24.0 Å². The number of thiophene rings is 1.